The first kappa shape index (κ1) is 16.0. The highest BCUT2D eigenvalue weighted by Gasteiger charge is 2.33. The lowest BCUT2D eigenvalue weighted by molar-refractivity contribution is 0.243. The Morgan fingerprint density at radius 2 is 1.90 bits per heavy atom. The number of thiophene rings is 1. The first-order chi connectivity index (χ1) is 9.51. The molecule has 0 spiro atoms. The van der Waals surface area contributed by atoms with E-state index in [1.165, 1.54) is 61.9 Å². The summed E-state index contributed by atoms with van der Waals surface area (Å²) in [6.07, 6.45) is 9.87. The van der Waals surface area contributed by atoms with Crippen LogP contribution in [0.2, 0.25) is 0 Å². The molecular formula is C18H31NS. The second kappa shape index (κ2) is 7.09. The maximum atomic E-state index is 3.61. The number of rotatable bonds is 7. The van der Waals surface area contributed by atoms with Crippen molar-refractivity contribution in [2.75, 3.05) is 6.54 Å². The monoisotopic (exact) mass is 293 g/mol. The van der Waals surface area contributed by atoms with E-state index < -0.39 is 0 Å². The summed E-state index contributed by atoms with van der Waals surface area (Å²) in [6, 6.07) is 2.97. The fraction of sp³-hybridized carbons (Fsp3) is 0.778. The van der Waals surface area contributed by atoms with E-state index in [4.69, 9.17) is 0 Å². The van der Waals surface area contributed by atoms with Crippen molar-refractivity contribution >= 4 is 11.3 Å². The van der Waals surface area contributed by atoms with Crippen LogP contribution in [0.1, 0.15) is 67.7 Å². The highest BCUT2D eigenvalue weighted by atomic mass is 32.1. The van der Waals surface area contributed by atoms with Gasteiger partial charge in [0.25, 0.3) is 0 Å². The molecule has 1 saturated carbocycles. The van der Waals surface area contributed by atoms with Gasteiger partial charge in [-0.3, -0.25) is 0 Å². The number of hydrogen-bond donors (Lipinski definition) is 1. The topological polar surface area (TPSA) is 12.0 Å². The Morgan fingerprint density at radius 3 is 2.45 bits per heavy atom. The quantitative estimate of drug-likeness (QED) is 0.724. The Hall–Kier alpha value is -0.340. The molecule has 0 radical (unpaired) electrons. The van der Waals surface area contributed by atoms with E-state index in [-0.39, 0.29) is 0 Å². The molecule has 1 aliphatic carbocycles. The van der Waals surface area contributed by atoms with Gasteiger partial charge < -0.3 is 5.32 Å². The van der Waals surface area contributed by atoms with Crippen LogP contribution in [-0.2, 0) is 6.42 Å². The molecule has 114 valence electrons. The zero-order valence-corrected chi connectivity index (χ0v) is 14.5. The highest BCUT2D eigenvalue weighted by Crippen LogP contribution is 2.45. The molecule has 0 amide bonds. The van der Waals surface area contributed by atoms with Crippen molar-refractivity contribution in [3.8, 4) is 0 Å². The first-order valence-corrected chi connectivity index (χ1v) is 9.12. The van der Waals surface area contributed by atoms with Crippen LogP contribution in [0.25, 0.3) is 0 Å². The van der Waals surface area contributed by atoms with Crippen LogP contribution < -0.4 is 5.32 Å². The molecule has 2 heteroatoms. The summed E-state index contributed by atoms with van der Waals surface area (Å²) in [5.74, 6) is 0. The molecular weight excluding hydrogens is 262 g/mol. The van der Waals surface area contributed by atoms with Gasteiger partial charge in [0.1, 0.15) is 0 Å². The lowest BCUT2D eigenvalue weighted by atomic mass is 9.78. The van der Waals surface area contributed by atoms with E-state index in [0.717, 1.165) is 0 Å². The molecule has 1 N–H and O–H groups in total. The van der Waals surface area contributed by atoms with Crippen molar-refractivity contribution in [3.05, 3.63) is 21.4 Å². The van der Waals surface area contributed by atoms with Crippen LogP contribution >= 0.6 is 11.3 Å². The Morgan fingerprint density at radius 1 is 1.20 bits per heavy atom. The van der Waals surface area contributed by atoms with Crippen LogP contribution in [0, 0.1) is 19.3 Å². The third-order valence-corrected chi connectivity index (χ3v) is 6.11. The maximum Gasteiger partial charge on any atom is 0.00774 e. The molecule has 1 heterocycles. The number of aryl methyl sites for hydroxylation is 3. The third-order valence-electron chi connectivity index (χ3n) is 4.90. The normalized spacial score (nSPS) is 18.1. The second-order valence-electron chi connectivity index (χ2n) is 7.03. The van der Waals surface area contributed by atoms with Crippen LogP contribution in [-0.4, -0.2) is 12.6 Å². The molecule has 1 aliphatic rings. The number of hydrogen-bond acceptors (Lipinski definition) is 2. The van der Waals surface area contributed by atoms with Crippen molar-refractivity contribution < 1.29 is 0 Å². The maximum absolute atomic E-state index is 3.61. The van der Waals surface area contributed by atoms with Crippen molar-refractivity contribution in [2.45, 2.75) is 78.7 Å². The summed E-state index contributed by atoms with van der Waals surface area (Å²) in [5, 5.41) is 3.61. The Balaban J connectivity index is 1.90. The minimum absolute atomic E-state index is 0.621. The molecule has 0 unspecified atom stereocenters. The van der Waals surface area contributed by atoms with E-state index in [1.54, 1.807) is 4.88 Å². The van der Waals surface area contributed by atoms with Crippen molar-refractivity contribution in [2.24, 2.45) is 5.41 Å². The smallest absolute Gasteiger partial charge is 0.00774 e. The first-order valence-electron chi connectivity index (χ1n) is 8.30. The van der Waals surface area contributed by atoms with E-state index in [0.29, 0.717) is 11.5 Å². The minimum Gasteiger partial charge on any atom is -0.315 e. The predicted octanol–water partition coefficient (Wildman–Crippen LogP) is 5.25. The third kappa shape index (κ3) is 4.33. The summed E-state index contributed by atoms with van der Waals surface area (Å²) in [5.41, 5.74) is 2.15. The largest absolute Gasteiger partial charge is 0.315 e. The van der Waals surface area contributed by atoms with E-state index in [2.05, 4.69) is 39.1 Å². The van der Waals surface area contributed by atoms with Crippen LogP contribution in [0.3, 0.4) is 0 Å². The Labute approximate surface area is 129 Å². The van der Waals surface area contributed by atoms with Gasteiger partial charge in [-0.2, -0.15) is 0 Å². The standard InChI is InChI=1S/C18H31NS/c1-14(2)19-12-11-18(8-5-6-9-18)10-7-17-15(3)13-16(4)20-17/h13-14,19H,5-12H2,1-4H3. The van der Waals surface area contributed by atoms with E-state index >= 15 is 0 Å². The van der Waals surface area contributed by atoms with Crippen LogP contribution in [0.4, 0.5) is 0 Å². The summed E-state index contributed by atoms with van der Waals surface area (Å²) in [4.78, 5) is 3.10. The van der Waals surface area contributed by atoms with Gasteiger partial charge in [-0.1, -0.05) is 26.7 Å². The Kier molecular flexibility index (Phi) is 5.68. The molecule has 0 bridgehead atoms. The van der Waals surface area contributed by atoms with Gasteiger partial charge in [0.05, 0.1) is 0 Å². The fourth-order valence-corrected chi connectivity index (χ4v) is 4.74. The summed E-state index contributed by atoms with van der Waals surface area (Å²) < 4.78 is 0. The average molecular weight is 294 g/mol. The predicted molar refractivity (Wildman–Crippen MR) is 90.8 cm³/mol. The molecule has 1 fully saturated rings. The SMILES string of the molecule is Cc1cc(C)c(CCC2(CCNC(C)C)CCCC2)s1. The summed E-state index contributed by atoms with van der Waals surface area (Å²) in [7, 11) is 0. The van der Waals surface area contributed by atoms with Gasteiger partial charge in [0.2, 0.25) is 0 Å². The Bertz CT molecular complexity index is 413. The molecule has 1 aromatic rings. The van der Waals surface area contributed by atoms with Gasteiger partial charge in [-0.15, -0.1) is 11.3 Å². The fourth-order valence-electron chi connectivity index (χ4n) is 3.69. The molecule has 0 aromatic carbocycles. The van der Waals surface area contributed by atoms with Crippen molar-refractivity contribution in [1.29, 1.82) is 0 Å². The van der Waals surface area contributed by atoms with E-state index in [1.807, 2.05) is 11.3 Å². The lowest BCUT2D eigenvalue weighted by Gasteiger charge is -2.29. The van der Waals surface area contributed by atoms with E-state index in [9.17, 15) is 0 Å². The van der Waals surface area contributed by atoms with Crippen LogP contribution in [0.5, 0.6) is 0 Å². The minimum atomic E-state index is 0.621. The molecule has 1 nitrogen and oxygen atoms in total. The molecule has 2 rings (SSSR count). The summed E-state index contributed by atoms with van der Waals surface area (Å²) in [6.45, 7) is 10.2. The zero-order chi connectivity index (χ0) is 14.6. The van der Waals surface area contributed by atoms with Crippen molar-refractivity contribution in [3.63, 3.8) is 0 Å². The molecule has 1 aromatic heterocycles. The zero-order valence-electron chi connectivity index (χ0n) is 13.7. The van der Waals surface area contributed by atoms with Gasteiger partial charge in [0.15, 0.2) is 0 Å². The molecule has 0 saturated heterocycles. The van der Waals surface area contributed by atoms with Gasteiger partial charge in [-0.25, -0.2) is 0 Å². The number of nitrogens with one attached hydrogen (secondary N) is 1. The van der Waals surface area contributed by atoms with Gasteiger partial charge in [-0.05, 0) is 69.5 Å². The highest BCUT2D eigenvalue weighted by molar-refractivity contribution is 7.12. The van der Waals surface area contributed by atoms with Crippen LogP contribution in [0.15, 0.2) is 6.07 Å². The molecule has 20 heavy (non-hydrogen) atoms. The lowest BCUT2D eigenvalue weighted by Crippen LogP contribution is -2.29. The second-order valence-corrected chi connectivity index (χ2v) is 8.37. The summed E-state index contributed by atoms with van der Waals surface area (Å²) >= 11 is 2.01. The molecule has 0 aliphatic heterocycles. The van der Waals surface area contributed by atoms with Crippen molar-refractivity contribution in [1.82, 2.24) is 5.32 Å². The average Bonchev–Trinajstić information content (AvgIpc) is 2.94. The van der Waals surface area contributed by atoms with Gasteiger partial charge in [0, 0.05) is 15.8 Å². The molecule has 0 atom stereocenters. The van der Waals surface area contributed by atoms with Gasteiger partial charge >= 0.3 is 0 Å².